The predicted octanol–water partition coefficient (Wildman–Crippen LogP) is 6.49. The molecule has 4 nitrogen and oxygen atoms in total. The largest absolute Gasteiger partial charge is 0.322 e. The van der Waals surface area contributed by atoms with E-state index in [1.165, 1.54) is 10.4 Å². The Morgan fingerprint density at radius 1 is 0.939 bits per heavy atom. The zero-order valence-corrected chi connectivity index (χ0v) is 19.4. The topological polar surface area (TPSA) is 49.4 Å². The van der Waals surface area contributed by atoms with Crippen LogP contribution in [0.2, 0.25) is 0 Å². The Morgan fingerprint density at radius 3 is 2.55 bits per heavy atom. The van der Waals surface area contributed by atoms with E-state index < -0.39 is 0 Å². The van der Waals surface area contributed by atoms with Crippen molar-refractivity contribution < 1.29 is 9.59 Å². The van der Waals surface area contributed by atoms with Gasteiger partial charge in [0.1, 0.15) is 0 Å². The van der Waals surface area contributed by atoms with Crippen LogP contribution in [0.25, 0.3) is 10.4 Å². The van der Waals surface area contributed by atoms with E-state index in [1.54, 1.807) is 35.6 Å². The van der Waals surface area contributed by atoms with Gasteiger partial charge in [0, 0.05) is 33.8 Å². The van der Waals surface area contributed by atoms with Gasteiger partial charge in [-0.25, -0.2) is 0 Å². The van der Waals surface area contributed by atoms with E-state index in [1.807, 2.05) is 55.1 Å². The lowest BCUT2D eigenvalue weighted by Gasteiger charge is -2.23. The molecule has 1 aliphatic heterocycles. The van der Waals surface area contributed by atoms with E-state index in [9.17, 15) is 9.59 Å². The molecule has 0 bridgehead atoms. The van der Waals surface area contributed by atoms with Gasteiger partial charge in [-0.3, -0.25) is 9.59 Å². The fourth-order valence-electron chi connectivity index (χ4n) is 4.26. The number of benzene rings is 3. The molecule has 4 aromatic rings. The van der Waals surface area contributed by atoms with Crippen LogP contribution >= 0.6 is 11.3 Å². The molecular weight excluding hydrogens is 428 g/mol. The first-order valence-electron chi connectivity index (χ1n) is 11.0. The Hall–Kier alpha value is -3.70. The Morgan fingerprint density at radius 2 is 1.73 bits per heavy atom. The number of nitrogens with one attached hydrogen (secondary N) is 1. The van der Waals surface area contributed by atoms with Crippen LogP contribution in [-0.2, 0) is 6.42 Å². The third kappa shape index (κ3) is 4.08. The number of fused-ring (bicyclic) bond motifs is 3. The van der Waals surface area contributed by atoms with Gasteiger partial charge in [-0.2, -0.15) is 0 Å². The normalized spacial score (nSPS) is 12.5. The third-order valence-electron chi connectivity index (χ3n) is 6.06. The minimum Gasteiger partial charge on any atom is -0.322 e. The third-order valence-corrected chi connectivity index (χ3v) is 7.05. The van der Waals surface area contributed by atoms with Crippen LogP contribution in [0.3, 0.4) is 0 Å². The lowest BCUT2D eigenvalue weighted by molar-refractivity contribution is 0.0986. The van der Waals surface area contributed by atoms with E-state index in [2.05, 4.69) is 22.8 Å². The highest BCUT2D eigenvalue weighted by Crippen LogP contribution is 2.40. The van der Waals surface area contributed by atoms with E-state index >= 15 is 0 Å². The van der Waals surface area contributed by atoms with Gasteiger partial charge in [0.15, 0.2) is 0 Å². The molecule has 0 unspecified atom stereocenters. The number of carbonyl (C=O) groups is 2. The summed E-state index contributed by atoms with van der Waals surface area (Å²) >= 11 is 1.72. The van der Waals surface area contributed by atoms with Crippen molar-refractivity contribution >= 4 is 34.5 Å². The highest BCUT2D eigenvalue weighted by atomic mass is 32.1. The number of thiophene rings is 1. The zero-order chi connectivity index (χ0) is 22.9. The second-order valence-corrected chi connectivity index (χ2v) is 9.26. The minimum atomic E-state index is -0.150. The van der Waals surface area contributed by atoms with Crippen LogP contribution in [0.4, 0.5) is 11.4 Å². The Balaban J connectivity index is 1.37. The summed E-state index contributed by atoms with van der Waals surface area (Å²) in [5, 5.41) is 5.06. The lowest BCUT2D eigenvalue weighted by Crippen LogP contribution is -2.32. The maximum absolute atomic E-state index is 13.5. The summed E-state index contributed by atoms with van der Waals surface area (Å²) in [5.74, 6) is -0.187. The molecule has 0 atom stereocenters. The number of rotatable bonds is 3. The maximum Gasteiger partial charge on any atom is 0.258 e. The fourth-order valence-corrected chi connectivity index (χ4v) is 5.25. The summed E-state index contributed by atoms with van der Waals surface area (Å²) in [4.78, 5) is 29.3. The van der Waals surface area contributed by atoms with Crippen molar-refractivity contribution in [3.8, 4) is 10.4 Å². The second-order valence-electron chi connectivity index (χ2n) is 8.35. The van der Waals surface area contributed by atoms with Crippen molar-refractivity contribution in [1.82, 2.24) is 0 Å². The molecular formula is C28H24N2O2S. The number of anilines is 2. The van der Waals surface area contributed by atoms with E-state index in [4.69, 9.17) is 0 Å². The number of hydrogen-bond acceptors (Lipinski definition) is 3. The SMILES string of the molecule is Cc1ccc(C)c(C(=O)Nc2ccc(C(=O)N3CCc4ccsc4-c4ccccc43)cc2)c1. The molecule has 0 saturated carbocycles. The van der Waals surface area contributed by atoms with Gasteiger partial charge in [0.25, 0.3) is 11.8 Å². The monoisotopic (exact) mass is 452 g/mol. The molecule has 164 valence electrons. The van der Waals surface area contributed by atoms with Crippen LogP contribution in [0.1, 0.15) is 37.4 Å². The van der Waals surface area contributed by atoms with Gasteiger partial charge in [-0.1, -0.05) is 35.9 Å². The van der Waals surface area contributed by atoms with Crippen molar-refractivity contribution in [1.29, 1.82) is 0 Å². The Labute approximate surface area is 197 Å². The summed E-state index contributed by atoms with van der Waals surface area (Å²) in [6.45, 7) is 4.52. The van der Waals surface area contributed by atoms with Crippen LogP contribution < -0.4 is 10.2 Å². The highest BCUT2D eigenvalue weighted by molar-refractivity contribution is 7.13. The van der Waals surface area contributed by atoms with Gasteiger partial charge in [-0.15, -0.1) is 11.3 Å². The molecule has 1 aromatic heterocycles. The van der Waals surface area contributed by atoms with Crippen LogP contribution in [0, 0.1) is 13.8 Å². The van der Waals surface area contributed by atoms with Gasteiger partial charge < -0.3 is 10.2 Å². The maximum atomic E-state index is 13.5. The number of carbonyl (C=O) groups excluding carboxylic acids is 2. The number of aryl methyl sites for hydroxylation is 2. The Bertz CT molecular complexity index is 1350. The average molecular weight is 453 g/mol. The first-order chi connectivity index (χ1) is 16.0. The van der Waals surface area contributed by atoms with Crippen molar-refractivity contribution in [3.05, 3.63) is 106 Å². The van der Waals surface area contributed by atoms with E-state index in [-0.39, 0.29) is 11.8 Å². The van der Waals surface area contributed by atoms with Gasteiger partial charge in [0.05, 0.1) is 5.69 Å². The molecule has 0 saturated heterocycles. The number of amides is 2. The van der Waals surface area contributed by atoms with Crippen molar-refractivity contribution in [2.75, 3.05) is 16.8 Å². The van der Waals surface area contributed by atoms with Crippen LogP contribution in [0.15, 0.2) is 78.2 Å². The summed E-state index contributed by atoms with van der Waals surface area (Å²) < 4.78 is 0. The fraction of sp³-hybridized carbons (Fsp3) is 0.143. The van der Waals surface area contributed by atoms with Gasteiger partial charge in [-0.05, 0) is 79.2 Å². The molecule has 5 heteroatoms. The predicted molar refractivity (Wildman–Crippen MR) is 135 cm³/mol. The van der Waals surface area contributed by atoms with Crippen LogP contribution in [0.5, 0.6) is 0 Å². The molecule has 0 aliphatic carbocycles. The molecule has 1 N–H and O–H groups in total. The van der Waals surface area contributed by atoms with Crippen molar-refractivity contribution in [3.63, 3.8) is 0 Å². The summed E-state index contributed by atoms with van der Waals surface area (Å²) in [6.07, 6.45) is 0.823. The molecule has 3 aromatic carbocycles. The average Bonchev–Trinajstić information content (AvgIpc) is 3.24. The van der Waals surface area contributed by atoms with Crippen molar-refractivity contribution in [2.45, 2.75) is 20.3 Å². The van der Waals surface area contributed by atoms with Gasteiger partial charge >= 0.3 is 0 Å². The summed E-state index contributed by atoms with van der Waals surface area (Å²) in [5.41, 5.74) is 7.21. The highest BCUT2D eigenvalue weighted by Gasteiger charge is 2.25. The quantitative estimate of drug-likeness (QED) is 0.386. The van der Waals surface area contributed by atoms with Crippen LogP contribution in [-0.4, -0.2) is 18.4 Å². The van der Waals surface area contributed by atoms with E-state index in [0.717, 1.165) is 28.8 Å². The molecule has 2 amide bonds. The molecule has 33 heavy (non-hydrogen) atoms. The lowest BCUT2D eigenvalue weighted by atomic mass is 10.0. The van der Waals surface area contributed by atoms with E-state index in [0.29, 0.717) is 23.4 Å². The minimum absolute atomic E-state index is 0.0370. The number of nitrogens with zero attached hydrogens (tertiary/aromatic N) is 1. The molecule has 5 rings (SSSR count). The first-order valence-corrected chi connectivity index (χ1v) is 11.9. The smallest absolute Gasteiger partial charge is 0.258 e. The van der Waals surface area contributed by atoms with Crippen molar-refractivity contribution in [2.24, 2.45) is 0 Å². The Kier molecular flexibility index (Phi) is 5.56. The number of para-hydroxylation sites is 1. The summed E-state index contributed by atoms with van der Waals surface area (Å²) in [6, 6.07) is 23.2. The first kappa shape index (κ1) is 21.2. The molecule has 0 fully saturated rings. The molecule has 2 heterocycles. The van der Waals surface area contributed by atoms with Gasteiger partial charge in [0.2, 0.25) is 0 Å². The number of hydrogen-bond donors (Lipinski definition) is 1. The molecule has 0 radical (unpaired) electrons. The standard InChI is InChI=1S/C28H24N2O2S/c1-18-7-8-19(2)24(17-18)27(31)29-22-11-9-21(10-12-22)28(32)30-15-13-20-14-16-33-26(20)23-5-3-4-6-25(23)30/h3-12,14,16-17H,13,15H2,1-2H3,(H,29,31). The summed E-state index contributed by atoms with van der Waals surface area (Å²) in [7, 11) is 0. The zero-order valence-electron chi connectivity index (χ0n) is 18.6. The molecule has 0 spiro atoms. The second kappa shape index (κ2) is 8.68. The molecule has 1 aliphatic rings.